The van der Waals surface area contributed by atoms with Crippen molar-refractivity contribution in [2.45, 2.75) is 84.0 Å². The summed E-state index contributed by atoms with van der Waals surface area (Å²) < 4.78 is 5.60. The second-order valence-electron chi connectivity index (χ2n) is 6.71. The summed E-state index contributed by atoms with van der Waals surface area (Å²) in [6.07, 6.45) is 10.4. The van der Waals surface area contributed by atoms with Crippen LogP contribution in [0.3, 0.4) is 0 Å². The molecule has 0 radical (unpaired) electrons. The predicted molar refractivity (Wildman–Crippen MR) is 97.7 cm³/mol. The summed E-state index contributed by atoms with van der Waals surface area (Å²) in [5.74, 6) is -0.0727. The fraction of sp³-hybridized carbons (Fsp3) is 0.667. The molecule has 1 atom stereocenters. The average molecular weight is 319 g/mol. The number of ether oxygens (including phenoxy) is 1. The van der Waals surface area contributed by atoms with E-state index in [1.165, 1.54) is 32.1 Å². The summed E-state index contributed by atoms with van der Waals surface area (Å²) in [5.41, 5.74) is 0.545. The number of hydrogen-bond donors (Lipinski definition) is 0. The molecule has 1 aromatic carbocycles. The van der Waals surface area contributed by atoms with Crippen LogP contribution in [0.1, 0.15) is 84.1 Å². The van der Waals surface area contributed by atoms with Gasteiger partial charge in [0.2, 0.25) is 0 Å². The van der Waals surface area contributed by atoms with Gasteiger partial charge >= 0.3 is 5.97 Å². The first-order valence-electron chi connectivity index (χ1n) is 9.38. The minimum absolute atomic E-state index is 0.0727. The first-order valence-corrected chi connectivity index (χ1v) is 9.38. The smallest absolute Gasteiger partial charge is 0.316 e. The standard InChI is InChI=1S/C21H34O2/c1-4-6-7-8-9-10-14-18-23-20(22)21(3,17-5-2)19-15-12-11-13-16-19/h11-13,15-16H,4-10,14,17-18H2,1-3H3. The molecule has 0 aromatic heterocycles. The Labute approximate surface area is 142 Å². The maximum atomic E-state index is 12.6. The van der Waals surface area contributed by atoms with Gasteiger partial charge in [-0.2, -0.15) is 0 Å². The zero-order valence-corrected chi connectivity index (χ0v) is 15.3. The van der Waals surface area contributed by atoms with Crippen LogP contribution >= 0.6 is 0 Å². The monoisotopic (exact) mass is 318 g/mol. The molecule has 0 N–H and O–H groups in total. The molecule has 0 saturated heterocycles. The number of hydrogen-bond acceptors (Lipinski definition) is 2. The van der Waals surface area contributed by atoms with Gasteiger partial charge in [-0.3, -0.25) is 4.79 Å². The van der Waals surface area contributed by atoms with Crippen LogP contribution in [0, 0.1) is 0 Å². The van der Waals surface area contributed by atoms with Gasteiger partial charge in [-0.05, 0) is 25.3 Å². The molecule has 23 heavy (non-hydrogen) atoms. The van der Waals surface area contributed by atoms with E-state index in [1.807, 2.05) is 37.3 Å². The number of carbonyl (C=O) groups is 1. The summed E-state index contributed by atoms with van der Waals surface area (Å²) in [5, 5.41) is 0. The Morgan fingerprint density at radius 2 is 1.52 bits per heavy atom. The van der Waals surface area contributed by atoms with Crippen LogP contribution in [0.2, 0.25) is 0 Å². The number of rotatable bonds is 12. The first kappa shape index (κ1) is 19.7. The lowest BCUT2D eigenvalue weighted by molar-refractivity contribution is -0.150. The van der Waals surface area contributed by atoms with Gasteiger partial charge in [0.15, 0.2) is 0 Å². The molecule has 2 heteroatoms. The van der Waals surface area contributed by atoms with Crippen LogP contribution in [0.5, 0.6) is 0 Å². The SMILES string of the molecule is CCCCCCCCCOC(=O)C(C)(CCC)c1ccccc1. The number of carbonyl (C=O) groups excluding carboxylic acids is 1. The number of unbranched alkanes of at least 4 members (excludes halogenated alkanes) is 6. The predicted octanol–water partition coefficient (Wildman–Crippen LogP) is 6.04. The van der Waals surface area contributed by atoms with E-state index in [9.17, 15) is 4.79 Å². The number of esters is 1. The molecule has 2 nitrogen and oxygen atoms in total. The molecule has 0 bridgehead atoms. The molecule has 0 amide bonds. The highest BCUT2D eigenvalue weighted by molar-refractivity contribution is 5.82. The van der Waals surface area contributed by atoms with Crippen molar-refractivity contribution in [1.82, 2.24) is 0 Å². The fourth-order valence-electron chi connectivity index (χ4n) is 3.05. The Morgan fingerprint density at radius 3 is 2.13 bits per heavy atom. The molecule has 0 heterocycles. The van der Waals surface area contributed by atoms with Gasteiger partial charge < -0.3 is 4.74 Å². The van der Waals surface area contributed by atoms with Crippen molar-refractivity contribution in [3.8, 4) is 0 Å². The van der Waals surface area contributed by atoms with E-state index in [1.54, 1.807) is 0 Å². The molecule has 0 aliphatic heterocycles. The summed E-state index contributed by atoms with van der Waals surface area (Å²) >= 11 is 0. The summed E-state index contributed by atoms with van der Waals surface area (Å²) in [7, 11) is 0. The van der Waals surface area contributed by atoms with Gasteiger partial charge in [0.05, 0.1) is 12.0 Å². The second kappa shape index (κ2) is 11.3. The van der Waals surface area contributed by atoms with Crippen molar-refractivity contribution in [3.05, 3.63) is 35.9 Å². The molecule has 0 aliphatic carbocycles. The van der Waals surface area contributed by atoms with E-state index in [2.05, 4.69) is 13.8 Å². The Kier molecular flexibility index (Phi) is 9.66. The molecule has 0 spiro atoms. The Morgan fingerprint density at radius 1 is 0.913 bits per heavy atom. The molecule has 0 saturated carbocycles. The summed E-state index contributed by atoms with van der Waals surface area (Å²) in [4.78, 5) is 12.6. The highest BCUT2D eigenvalue weighted by atomic mass is 16.5. The third-order valence-corrected chi connectivity index (χ3v) is 4.59. The maximum absolute atomic E-state index is 12.6. The van der Waals surface area contributed by atoms with E-state index in [4.69, 9.17) is 4.74 Å². The first-order chi connectivity index (χ1) is 11.1. The number of benzene rings is 1. The van der Waals surface area contributed by atoms with Crippen molar-refractivity contribution in [2.24, 2.45) is 0 Å². The molecule has 1 aromatic rings. The average Bonchev–Trinajstić information content (AvgIpc) is 2.58. The minimum Gasteiger partial charge on any atom is -0.465 e. The fourth-order valence-corrected chi connectivity index (χ4v) is 3.05. The van der Waals surface area contributed by atoms with Crippen LogP contribution in [0.15, 0.2) is 30.3 Å². The molecular formula is C21H34O2. The van der Waals surface area contributed by atoms with E-state index in [0.29, 0.717) is 6.61 Å². The van der Waals surface area contributed by atoms with Crippen LogP contribution in [0.25, 0.3) is 0 Å². The Balaban J connectivity index is 2.38. The Bertz CT molecular complexity index is 427. The molecular weight excluding hydrogens is 284 g/mol. The lowest BCUT2D eigenvalue weighted by Gasteiger charge is -2.27. The van der Waals surface area contributed by atoms with E-state index in [0.717, 1.165) is 31.2 Å². The van der Waals surface area contributed by atoms with E-state index >= 15 is 0 Å². The van der Waals surface area contributed by atoms with Gasteiger partial charge in [0, 0.05) is 0 Å². The maximum Gasteiger partial charge on any atom is 0.316 e. The highest BCUT2D eigenvalue weighted by Gasteiger charge is 2.35. The zero-order chi connectivity index (χ0) is 17.0. The molecule has 0 aliphatic rings. The van der Waals surface area contributed by atoms with Crippen molar-refractivity contribution in [3.63, 3.8) is 0 Å². The topological polar surface area (TPSA) is 26.3 Å². The normalized spacial score (nSPS) is 13.5. The molecule has 130 valence electrons. The van der Waals surface area contributed by atoms with E-state index < -0.39 is 5.41 Å². The highest BCUT2D eigenvalue weighted by Crippen LogP contribution is 2.30. The zero-order valence-electron chi connectivity index (χ0n) is 15.3. The van der Waals surface area contributed by atoms with Crippen molar-refractivity contribution < 1.29 is 9.53 Å². The largest absolute Gasteiger partial charge is 0.465 e. The second-order valence-corrected chi connectivity index (χ2v) is 6.71. The van der Waals surface area contributed by atoms with Gasteiger partial charge in [0.1, 0.15) is 0 Å². The quantitative estimate of drug-likeness (QED) is 0.347. The van der Waals surface area contributed by atoms with Crippen molar-refractivity contribution in [2.75, 3.05) is 6.61 Å². The third-order valence-electron chi connectivity index (χ3n) is 4.59. The third kappa shape index (κ3) is 6.76. The van der Waals surface area contributed by atoms with Gasteiger partial charge in [-0.25, -0.2) is 0 Å². The molecule has 1 rings (SSSR count). The van der Waals surface area contributed by atoms with Crippen LogP contribution < -0.4 is 0 Å². The van der Waals surface area contributed by atoms with Crippen LogP contribution in [0.4, 0.5) is 0 Å². The van der Waals surface area contributed by atoms with Gasteiger partial charge in [0.25, 0.3) is 0 Å². The van der Waals surface area contributed by atoms with Crippen LogP contribution in [-0.2, 0) is 14.9 Å². The summed E-state index contributed by atoms with van der Waals surface area (Å²) in [6.45, 7) is 6.92. The van der Waals surface area contributed by atoms with Crippen LogP contribution in [-0.4, -0.2) is 12.6 Å². The lowest BCUT2D eigenvalue weighted by atomic mass is 9.79. The Hall–Kier alpha value is -1.31. The van der Waals surface area contributed by atoms with E-state index in [-0.39, 0.29) is 5.97 Å². The van der Waals surface area contributed by atoms with Crippen molar-refractivity contribution >= 4 is 5.97 Å². The lowest BCUT2D eigenvalue weighted by Crippen LogP contribution is -2.34. The van der Waals surface area contributed by atoms with Crippen molar-refractivity contribution in [1.29, 1.82) is 0 Å². The van der Waals surface area contributed by atoms with Gasteiger partial charge in [-0.15, -0.1) is 0 Å². The van der Waals surface area contributed by atoms with Gasteiger partial charge in [-0.1, -0.05) is 89.1 Å². The molecule has 1 unspecified atom stereocenters. The summed E-state index contributed by atoms with van der Waals surface area (Å²) in [6, 6.07) is 10.0. The molecule has 0 fully saturated rings. The minimum atomic E-state index is -0.517.